The van der Waals surface area contributed by atoms with E-state index in [9.17, 15) is 0 Å². The van der Waals surface area contributed by atoms with Gasteiger partial charge >= 0.3 is 154 Å². The molecule has 3 rings (SSSR count). The predicted molar refractivity (Wildman–Crippen MR) is 102 cm³/mol. The Morgan fingerprint density at radius 2 is 1.46 bits per heavy atom. The van der Waals surface area contributed by atoms with Crippen LogP contribution in [0.15, 0.2) is 48.5 Å². The standard InChI is InChI=1S/C18H21N.C2H6NO.Bi/c1-18(2,3)19(14-16-10-6-4-7-11-16)15-17-12-8-5-9-13-17;3-1-2-4;/h4-10,12H,14-15H2,1-3H3;1-3H2;/q;-1;+1. The third-order valence-electron chi connectivity index (χ3n) is 4.43. The van der Waals surface area contributed by atoms with Crippen LogP contribution in [-0.2, 0) is 15.9 Å². The maximum atomic E-state index is 6.40. The molecule has 1 heterocycles. The van der Waals surface area contributed by atoms with E-state index in [1.54, 1.807) is 0 Å². The summed E-state index contributed by atoms with van der Waals surface area (Å²) in [7, 11) is 0. The number of benzene rings is 2. The van der Waals surface area contributed by atoms with E-state index in [-0.39, 0.29) is 5.54 Å². The van der Waals surface area contributed by atoms with Crippen molar-refractivity contribution < 1.29 is 2.81 Å². The second kappa shape index (κ2) is 7.62. The molecule has 2 aromatic rings. The molecule has 2 N–H and O–H groups in total. The molecule has 0 amide bonds. The fourth-order valence-corrected chi connectivity index (χ4v) is 11.1. The van der Waals surface area contributed by atoms with Crippen LogP contribution in [0.2, 0.25) is 0 Å². The molecule has 0 atom stereocenters. The van der Waals surface area contributed by atoms with Crippen LogP contribution in [0.4, 0.5) is 0 Å². The first-order chi connectivity index (χ1) is 11.5. The van der Waals surface area contributed by atoms with E-state index in [4.69, 9.17) is 8.55 Å². The van der Waals surface area contributed by atoms with Gasteiger partial charge in [-0.15, -0.1) is 0 Å². The van der Waals surface area contributed by atoms with Gasteiger partial charge in [0.15, 0.2) is 0 Å². The van der Waals surface area contributed by atoms with Crippen LogP contribution in [-0.4, -0.2) is 45.8 Å². The number of hydrogen-bond donors (Lipinski definition) is 1. The minimum absolute atomic E-state index is 0.125. The Kier molecular flexibility index (Phi) is 5.71. The molecular weight excluding hydrogens is 493 g/mol. The van der Waals surface area contributed by atoms with Crippen molar-refractivity contribution in [3.63, 3.8) is 0 Å². The summed E-state index contributed by atoms with van der Waals surface area (Å²) < 4.78 is 9.32. The summed E-state index contributed by atoms with van der Waals surface area (Å²) in [6.07, 6.45) is 0. The zero-order chi connectivity index (χ0) is 17.2. The van der Waals surface area contributed by atoms with Crippen LogP contribution >= 0.6 is 0 Å². The summed E-state index contributed by atoms with van der Waals surface area (Å²) in [6, 6.07) is 17.7. The molecule has 4 heteroatoms. The van der Waals surface area contributed by atoms with Crippen LogP contribution in [0.25, 0.3) is 0 Å². The summed E-state index contributed by atoms with van der Waals surface area (Å²) in [4.78, 5) is 2.56. The topological polar surface area (TPSA) is 38.5 Å². The van der Waals surface area contributed by atoms with Gasteiger partial charge in [-0.25, -0.2) is 0 Å². The van der Waals surface area contributed by atoms with Crippen LogP contribution in [0.5, 0.6) is 0 Å². The third kappa shape index (κ3) is 3.88. The Hall–Kier alpha value is -0.797. The molecule has 2 aromatic carbocycles. The molecule has 0 spiro atoms. The number of fused-ring (bicyclic) bond motifs is 2. The molecular formula is C20H27BiN2O. The second-order valence-corrected chi connectivity index (χ2v) is 14.2. The first-order valence-electron chi connectivity index (χ1n) is 8.54. The Morgan fingerprint density at radius 1 is 0.958 bits per heavy atom. The second-order valence-electron chi connectivity index (χ2n) is 7.20. The Balaban J connectivity index is 2.13. The first kappa shape index (κ1) is 18.0. The van der Waals surface area contributed by atoms with Gasteiger partial charge in [0.25, 0.3) is 0 Å². The minimum atomic E-state index is -2.48. The Bertz CT molecular complexity index is 647. The first-order valence-corrected chi connectivity index (χ1v) is 13.4. The van der Waals surface area contributed by atoms with Crippen LogP contribution in [0.3, 0.4) is 0 Å². The normalized spacial score (nSPS) is 16.2. The zero-order valence-electron chi connectivity index (χ0n) is 14.8. The van der Waals surface area contributed by atoms with Crippen LogP contribution < -0.4 is 12.3 Å². The van der Waals surface area contributed by atoms with Gasteiger partial charge in [-0.2, -0.15) is 0 Å². The van der Waals surface area contributed by atoms with Crippen molar-refractivity contribution in [2.75, 3.05) is 13.2 Å². The van der Waals surface area contributed by atoms with Gasteiger partial charge in [0.1, 0.15) is 0 Å². The number of rotatable bonds is 3. The number of nitrogens with two attached hydrogens (primary N) is 1. The van der Waals surface area contributed by atoms with Gasteiger partial charge in [-0.05, 0) is 0 Å². The molecule has 0 fully saturated rings. The van der Waals surface area contributed by atoms with Crippen molar-refractivity contribution in [3.05, 3.63) is 59.7 Å². The molecule has 3 nitrogen and oxygen atoms in total. The molecule has 0 aliphatic carbocycles. The van der Waals surface area contributed by atoms with Gasteiger partial charge in [0.2, 0.25) is 0 Å². The molecule has 0 radical (unpaired) electrons. The van der Waals surface area contributed by atoms with E-state index >= 15 is 0 Å². The molecule has 0 saturated heterocycles. The summed E-state index contributed by atoms with van der Waals surface area (Å²) in [5, 5.41) is 0. The molecule has 0 aromatic heterocycles. The fourth-order valence-electron chi connectivity index (χ4n) is 3.04. The average Bonchev–Trinajstić information content (AvgIpc) is 2.54. The average molecular weight is 520 g/mol. The summed E-state index contributed by atoms with van der Waals surface area (Å²) >= 11 is -2.48. The van der Waals surface area contributed by atoms with E-state index in [2.05, 4.69) is 74.2 Å². The van der Waals surface area contributed by atoms with Crippen molar-refractivity contribution in [1.29, 1.82) is 0 Å². The summed E-state index contributed by atoms with van der Waals surface area (Å²) in [5.41, 5.74) is 8.71. The van der Waals surface area contributed by atoms with Crippen molar-refractivity contribution in [1.82, 2.24) is 4.90 Å². The molecule has 1 aliphatic heterocycles. The molecule has 0 bridgehead atoms. The monoisotopic (exact) mass is 520 g/mol. The van der Waals surface area contributed by atoms with Crippen molar-refractivity contribution in [3.8, 4) is 0 Å². The molecule has 0 unspecified atom stereocenters. The SMILES string of the molecule is CC(C)(C)N1Cc2cccc[c]2[Bi]([O]CCN)[c]2ccccc2C1. The van der Waals surface area contributed by atoms with E-state index in [1.807, 2.05) is 0 Å². The number of hydrogen-bond acceptors (Lipinski definition) is 3. The van der Waals surface area contributed by atoms with E-state index < -0.39 is 22.2 Å². The van der Waals surface area contributed by atoms with Crippen molar-refractivity contribution in [2.45, 2.75) is 39.4 Å². The van der Waals surface area contributed by atoms with Crippen molar-refractivity contribution >= 4 is 28.7 Å². The molecule has 0 saturated carbocycles. The van der Waals surface area contributed by atoms with E-state index in [0.717, 1.165) is 13.1 Å². The predicted octanol–water partition coefficient (Wildman–Crippen LogP) is 1.88. The molecule has 1 aliphatic rings. The van der Waals surface area contributed by atoms with Gasteiger partial charge in [0, 0.05) is 0 Å². The Morgan fingerprint density at radius 3 is 1.92 bits per heavy atom. The number of nitrogens with zero attached hydrogens (tertiary/aromatic N) is 1. The third-order valence-corrected chi connectivity index (χ3v) is 12.9. The van der Waals surface area contributed by atoms with Crippen LogP contribution in [0.1, 0.15) is 31.9 Å². The Labute approximate surface area is 154 Å². The maximum absolute atomic E-state index is 6.40. The van der Waals surface area contributed by atoms with E-state index in [0.29, 0.717) is 13.2 Å². The quantitative estimate of drug-likeness (QED) is 0.629. The van der Waals surface area contributed by atoms with Gasteiger partial charge in [-0.3, -0.25) is 0 Å². The molecule has 128 valence electrons. The van der Waals surface area contributed by atoms with E-state index in [1.165, 1.54) is 17.7 Å². The fraction of sp³-hybridized carbons (Fsp3) is 0.400. The van der Waals surface area contributed by atoms with Crippen molar-refractivity contribution in [2.24, 2.45) is 5.73 Å². The summed E-state index contributed by atoms with van der Waals surface area (Å²) in [5.74, 6) is 0. The van der Waals surface area contributed by atoms with Crippen LogP contribution in [0, 0.1) is 0 Å². The van der Waals surface area contributed by atoms with Gasteiger partial charge in [-0.1, -0.05) is 0 Å². The van der Waals surface area contributed by atoms with Gasteiger partial charge in [0.05, 0.1) is 0 Å². The molecule has 24 heavy (non-hydrogen) atoms. The van der Waals surface area contributed by atoms with Gasteiger partial charge < -0.3 is 0 Å². The summed E-state index contributed by atoms with van der Waals surface area (Å²) in [6.45, 7) is 10.1. The zero-order valence-corrected chi connectivity index (χ0v) is 18.3.